The number of piperidine rings is 1. The van der Waals surface area contributed by atoms with Gasteiger partial charge < -0.3 is 4.90 Å². The van der Waals surface area contributed by atoms with Gasteiger partial charge in [0.1, 0.15) is 0 Å². The van der Waals surface area contributed by atoms with Crippen LogP contribution in [0, 0.1) is 5.41 Å². The summed E-state index contributed by atoms with van der Waals surface area (Å²) >= 11 is 0. The zero-order chi connectivity index (χ0) is 9.92. The quantitative estimate of drug-likeness (QED) is 0.629. The average Bonchev–Trinajstić information content (AvgIpc) is 2.94. The van der Waals surface area contributed by atoms with Crippen LogP contribution in [0.25, 0.3) is 0 Å². The second-order valence-corrected chi connectivity index (χ2v) is 5.95. The number of nitrogens with zero attached hydrogens (tertiary/aromatic N) is 2. The molecule has 2 saturated heterocycles. The molecular weight excluding hydrogens is 172 g/mol. The van der Waals surface area contributed by atoms with Gasteiger partial charge in [0.2, 0.25) is 0 Å². The van der Waals surface area contributed by atoms with Gasteiger partial charge in [-0.05, 0) is 33.6 Å². The van der Waals surface area contributed by atoms with Crippen molar-refractivity contribution < 1.29 is 0 Å². The second kappa shape index (κ2) is 2.73. The van der Waals surface area contributed by atoms with Gasteiger partial charge in [-0.3, -0.25) is 4.90 Å². The number of hydrogen-bond donors (Lipinski definition) is 0. The third kappa shape index (κ3) is 1.24. The van der Waals surface area contributed by atoms with E-state index < -0.39 is 0 Å². The predicted octanol–water partition coefficient (Wildman–Crippen LogP) is 1.56. The molecule has 0 aromatic carbocycles. The summed E-state index contributed by atoms with van der Waals surface area (Å²) in [5, 5.41) is 0. The largest absolute Gasteiger partial charge is 0.300 e. The van der Waals surface area contributed by atoms with Crippen molar-refractivity contribution in [2.75, 3.05) is 19.6 Å². The maximum Gasteiger partial charge on any atom is 0.0177 e. The van der Waals surface area contributed by atoms with E-state index in [-0.39, 0.29) is 0 Å². The molecule has 2 aliphatic heterocycles. The van der Waals surface area contributed by atoms with Crippen molar-refractivity contribution in [1.82, 2.24) is 9.80 Å². The Balaban J connectivity index is 1.70. The summed E-state index contributed by atoms with van der Waals surface area (Å²) in [5.41, 5.74) is 0.722. The average molecular weight is 194 g/mol. The molecule has 1 saturated carbocycles. The van der Waals surface area contributed by atoms with Crippen molar-refractivity contribution in [3.63, 3.8) is 0 Å². The molecule has 1 unspecified atom stereocenters. The van der Waals surface area contributed by atoms with Crippen LogP contribution in [-0.2, 0) is 0 Å². The van der Waals surface area contributed by atoms with Crippen molar-refractivity contribution in [1.29, 1.82) is 0 Å². The Morgan fingerprint density at radius 3 is 2.50 bits per heavy atom. The van der Waals surface area contributed by atoms with Crippen LogP contribution in [0.4, 0.5) is 0 Å². The summed E-state index contributed by atoms with van der Waals surface area (Å²) in [4.78, 5) is 5.36. The van der Waals surface area contributed by atoms with Crippen molar-refractivity contribution in [3.8, 4) is 0 Å². The predicted molar refractivity (Wildman–Crippen MR) is 58.3 cm³/mol. The van der Waals surface area contributed by atoms with Crippen molar-refractivity contribution in [3.05, 3.63) is 0 Å². The van der Waals surface area contributed by atoms with Crippen molar-refractivity contribution in [2.45, 2.75) is 51.7 Å². The van der Waals surface area contributed by atoms with E-state index in [2.05, 4.69) is 30.6 Å². The minimum absolute atomic E-state index is 0.722. The number of rotatable bonds is 3. The molecule has 3 atom stereocenters. The fourth-order valence-corrected chi connectivity index (χ4v) is 3.75. The fraction of sp³-hybridized carbons (Fsp3) is 1.00. The van der Waals surface area contributed by atoms with Crippen LogP contribution in [-0.4, -0.2) is 47.6 Å². The number of fused-ring (bicyclic) bond motifs is 1. The molecule has 3 aliphatic rings. The highest BCUT2D eigenvalue weighted by molar-refractivity contribution is 5.18. The lowest BCUT2D eigenvalue weighted by molar-refractivity contribution is 0.183. The first-order chi connectivity index (χ1) is 6.62. The third-order valence-electron chi connectivity index (χ3n) is 4.39. The van der Waals surface area contributed by atoms with E-state index in [0.29, 0.717) is 0 Å². The van der Waals surface area contributed by atoms with Gasteiger partial charge in [-0.25, -0.2) is 0 Å². The standard InChI is InChI=1S/C12H22N2/c1-9(2)14-10(3)6-12(7-11(12)14)8-13-4-5-13/h9-11H,4-8H2,1-3H3/t10-,11?,12+/m1/s1. The van der Waals surface area contributed by atoms with Gasteiger partial charge >= 0.3 is 0 Å². The summed E-state index contributed by atoms with van der Waals surface area (Å²) in [6, 6.07) is 2.50. The second-order valence-electron chi connectivity index (χ2n) is 5.95. The van der Waals surface area contributed by atoms with Crippen LogP contribution < -0.4 is 0 Å². The smallest absolute Gasteiger partial charge is 0.0177 e. The first-order valence-corrected chi connectivity index (χ1v) is 6.12. The first kappa shape index (κ1) is 9.17. The Morgan fingerprint density at radius 2 is 2.00 bits per heavy atom. The van der Waals surface area contributed by atoms with Crippen LogP contribution >= 0.6 is 0 Å². The summed E-state index contributed by atoms with van der Waals surface area (Å²) in [6.07, 6.45) is 2.93. The maximum absolute atomic E-state index is 2.75. The minimum atomic E-state index is 0.722. The summed E-state index contributed by atoms with van der Waals surface area (Å²) in [5.74, 6) is 0. The van der Waals surface area contributed by atoms with Gasteiger partial charge in [0, 0.05) is 43.2 Å². The minimum Gasteiger partial charge on any atom is -0.300 e. The molecule has 2 heterocycles. The monoisotopic (exact) mass is 194 g/mol. The van der Waals surface area contributed by atoms with Crippen LogP contribution in [0.15, 0.2) is 0 Å². The molecule has 2 heteroatoms. The molecule has 1 aliphatic carbocycles. The van der Waals surface area contributed by atoms with E-state index in [0.717, 1.165) is 23.5 Å². The maximum atomic E-state index is 2.75. The highest BCUT2D eigenvalue weighted by atomic mass is 15.3. The summed E-state index contributed by atoms with van der Waals surface area (Å²) in [6.45, 7) is 11.2. The van der Waals surface area contributed by atoms with Gasteiger partial charge in [-0.1, -0.05) is 0 Å². The van der Waals surface area contributed by atoms with E-state index in [1.165, 1.54) is 32.5 Å². The SMILES string of the molecule is CC(C)N1C2C[C@]2(CN2CC2)C[C@H]1C. The molecule has 3 rings (SSSR count). The van der Waals surface area contributed by atoms with Crippen molar-refractivity contribution >= 4 is 0 Å². The Kier molecular flexibility index (Phi) is 1.79. The highest BCUT2D eigenvalue weighted by Crippen LogP contribution is 2.60. The van der Waals surface area contributed by atoms with Crippen molar-refractivity contribution in [2.24, 2.45) is 5.41 Å². The molecule has 0 aromatic heterocycles. The topological polar surface area (TPSA) is 6.25 Å². The normalized spacial score (nSPS) is 47.1. The van der Waals surface area contributed by atoms with Crippen LogP contribution in [0.5, 0.6) is 0 Å². The Hall–Kier alpha value is -0.0800. The van der Waals surface area contributed by atoms with E-state index in [4.69, 9.17) is 0 Å². The molecule has 2 nitrogen and oxygen atoms in total. The Labute approximate surface area is 87.3 Å². The molecule has 0 bridgehead atoms. The molecule has 0 radical (unpaired) electrons. The molecule has 3 fully saturated rings. The van der Waals surface area contributed by atoms with E-state index in [1.54, 1.807) is 0 Å². The number of hydrogen-bond acceptors (Lipinski definition) is 2. The summed E-state index contributed by atoms with van der Waals surface area (Å²) < 4.78 is 0. The van der Waals surface area contributed by atoms with Gasteiger partial charge in [-0.15, -0.1) is 0 Å². The first-order valence-electron chi connectivity index (χ1n) is 6.12. The molecule has 80 valence electrons. The zero-order valence-corrected chi connectivity index (χ0v) is 9.66. The van der Waals surface area contributed by atoms with Gasteiger partial charge in [0.15, 0.2) is 0 Å². The van der Waals surface area contributed by atoms with E-state index in [9.17, 15) is 0 Å². The Bertz CT molecular complexity index is 247. The lowest BCUT2D eigenvalue weighted by Crippen LogP contribution is -2.36. The van der Waals surface area contributed by atoms with Gasteiger partial charge in [0.05, 0.1) is 0 Å². The molecule has 0 amide bonds. The molecule has 14 heavy (non-hydrogen) atoms. The molecule has 0 aromatic rings. The van der Waals surface area contributed by atoms with Crippen LogP contribution in [0.2, 0.25) is 0 Å². The van der Waals surface area contributed by atoms with Crippen LogP contribution in [0.3, 0.4) is 0 Å². The summed E-state index contributed by atoms with van der Waals surface area (Å²) in [7, 11) is 0. The van der Waals surface area contributed by atoms with Gasteiger partial charge in [0.25, 0.3) is 0 Å². The van der Waals surface area contributed by atoms with Gasteiger partial charge in [-0.2, -0.15) is 0 Å². The highest BCUT2D eigenvalue weighted by Gasteiger charge is 2.64. The van der Waals surface area contributed by atoms with E-state index >= 15 is 0 Å². The molecule has 0 N–H and O–H groups in total. The molecule has 0 spiro atoms. The Morgan fingerprint density at radius 1 is 1.29 bits per heavy atom. The number of likely N-dealkylation sites (tertiary alicyclic amines) is 1. The lowest BCUT2D eigenvalue weighted by atomic mass is 10.0. The van der Waals surface area contributed by atoms with Crippen LogP contribution in [0.1, 0.15) is 33.6 Å². The lowest BCUT2D eigenvalue weighted by Gasteiger charge is -2.28. The zero-order valence-electron chi connectivity index (χ0n) is 9.66. The van der Waals surface area contributed by atoms with E-state index in [1.807, 2.05) is 0 Å². The third-order valence-corrected chi connectivity index (χ3v) is 4.39. The fourth-order valence-electron chi connectivity index (χ4n) is 3.75. The molecular formula is C12H22N2.